The van der Waals surface area contributed by atoms with E-state index in [0.29, 0.717) is 24.9 Å². The number of hydrogen-bond donors (Lipinski definition) is 0. The van der Waals surface area contributed by atoms with Crippen LogP contribution in [0.4, 0.5) is 0 Å². The molecule has 0 aliphatic carbocycles. The Morgan fingerprint density at radius 2 is 2.20 bits per heavy atom. The Balaban J connectivity index is 2.22. The van der Waals surface area contributed by atoms with Crippen molar-refractivity contribution in [2.75, 3.05) is 19.5 Å². The average molecular weight is 294 g/mol. The zero-order valence-corrected chi connectivity index (χ0v) is 12.5. The minimum absolute atomic E-state index is 0.0157. The van der Waals surface area contributed by atoms with Gasteiger partial charge in [-0.05, 0) is 26.0 Å². The number of nitrogens with zero attached hydrogens (tertiary/aromatic N) is 4. The molecular formula is C13H18N4O2S. The molecule has 108 valence electrons. The predicted molar refractivity (Wildman–Crippen MR) is 78.3 cm³/mol. The third kappa shape index (κ3) is 2.14. The summed E-state index contributed by atoms with van der Waals surface area (Å²) in [6.07, 6.45) is 5.42. The Bertz CT molecular complexity index is 673. The molecule has 6 nitrogen and oxygen atoms in total. The minimum Gasteiger partial charge on any atom is -0.381 e. The highest BCUT2D eigenvalue weighted by molar-refractivity contribution is 7.98. The minimum atomic E-state index is 0.0157. The van der Waals surface area contributed by atoms with Gasteiger partial charge < -0.3 is 4.74 Å². The van der Waals surface area contributed by atoms with Crippen LogP contribution in [0.25, 0.3) is 11.2 Å². The molecule has 1 aliphatic rings. The van der Waals surface area contributed by atoms with Crippen molar-refractivity contribution in [3.63, 3.8) is 0 Å². The first-order valence-corrected chi connectivity index (χ1v) is 8.08. The van der Waals surface area contributed by atoms with Crippen molar-refractivity contribution in [3.05, 3.63) is 16.7 Å². The van der Waals surface area contributed by atoms with Gasteiger partial charge in [-0.1, -0.05) is 11.8 Å². The van der Waals surface area contributed by atoms with E-state index in [9.17, 15) is 4.79 Å². The van der Waals surface area contributed by atoms with Gasteiger partial charge in [0.2, 0.25) is 0 Å². The number of fused-ring (bicyclic) bond motifs is 1. The van der Waals surface area contributed by atoms with Gasteiger partial charge in [-0.2, -0.15) is 0 Å². The second kappa shape index (κ2) is 5.57. The zero-order chi connectivity index (χ0) is 14.1. The number of rotatable bonds is 3. The van der Waals surface area contributed by atoms with Crippen LogP contribution in [0.15, 0.2) is 16.1 Å². The van der Waals surface area contributed by atoms with Crippen LogP contribution >= 0.6 is 11.8 Å². The Morgan fingerprint density at radius 3 is 2.85 bits per heavy atom. The Kier molecular flexibility index (Phi) is 3.80. The van der Waals surface area contributed by atoms with Crippen molar-refractivity contribution >= 4 is 22.9 Å². The van der Waals surface area contributed by atoms with Crippen LogP contribution in [0.3, 0.4) is 0 Å². The molecule has 0 saturated carbocycles. The lowest BCUT2D eigenvalue weighted by Gasteiger charge is -2.22. The van der Waals surface area contributed by atoms with Crippen molar-refractivity contribution in [1.29, 1.82) is 0 Å². The Labute approximate surface area is 121 Å². The summed E-state index contributed by atoms with van der Waals surface area (Å²) in [6, 6.07) is 0.177. The van der Waals surface area contributed by atoms with E-state index in [1.165, 1.54) is 11.8 Å². The monoisotopic (exact) mass is 294 g/mol. The summed E-state index contributed by atoms with van der Waals surface area (Å²) in [4.78, 5) is 21.5. The molecule has 2 aromatic rings. The van der Waals surface area contributed by atoms with Crippen LogP contribution in [0, 0.1) is 0 Å². The van der Waals surface area contributed by atoms with Crippen molar-refractivity contribution in [1.82, 2.24) is 19.1 Å². The molecule has 2 aromatic heterocycles. The number of hydrogen-bond acceptors (Lipinski definition) is 5. The van der Waals surface area contributed by atoms with E-state index in [4.69, 9.17) is 4.74 Å². The molecular weight excluding hydrogens is 276 g/mol. The number of ether oxygens (including phenoxy) is 1. The molecule has 1 aliphatic heterocycles. The van der Waals surface area contributed by atoms with E-state index >= 15 is 0 Å². The first-order chi connectivity index (χ1) is 9.76. The normalized spacial score (nSPS) is 16.9. The summed E-state index contributed by atoms with van der Waals surface area (Å²) in [7, 11) is 0. The lowest BCUT2D eigenvalue weighted by atomic mass is 10.1. The lowest BCUT2D eigenvalue weighted by Crippen LogP contribution is -2.30. The molecule has 0 unspecified atom stereocenters. The second-order valence-corrected chi connectivity index (χ2v) is 5.58. The molecule has 3 heterocycles. The molecule has 0 N–H and O–H groups in total. The molecule has 20 heavy (non-hydrogen) atoms. The predicted octanol–water partition coefficient (Wildman–Crippen LogP) is 1.69. The molecule has 0 atom stereocenters. The topological polar surface area (TPSA) is 61.9 Å². The van der Waals surface area contributed by atoms with E-state index in [2.05, 4.69) is 9.97 Å². The molecule has 0 radical (unpaired) electrons. The van der Waals surface area contributed by atoms with Gasteiger partial charge in [0.25, 0.3) is 0 Å². The quantitative estimate of drug-likeness (QED) is 0.637. The molecule has 0 amide bonds. The first kappa shape index (κ1) is 13.6. The summed E-state index contributed by atoms with van der Waals surface area (Å²) in [5.41, 5.74) is 1.59. The fourth-order valence-electron chi connectivity index (χ4n) is 2.72. The van der Waals surface area contributed by atoms with Gasteiger partial charge in [-0.3, -0.25) is 9.13 Å². The highest BCUT2D eigenvalue weighted by atomic mass is 32.2. The van der Waals surface area contributed by atoms with Crippen molar-refractivity contribution in [2.45, 2.75) is 37.5 Å². The molecule has 0 aromatic carbocycles. The van der Waals surface area contributed by atoms with E-state index in [0.717, 1.165) is 24.0 Å². The van der Waals surface area contributed by atoms with E-state index in [1.54, 1.807) is 10.8 Å². The van der Waals surface area contributed by atoms with Gasteiger partial charge in [0.15, 0.2) is 10.8 Å². The smallest absolute Gasteiger partial charge is 0.330 e. The number of thioether (sulfide) groups is 1. The number of aromatic nitrogens is 4. The van der Waals surface area contributed by atoms with E-state index < -0.39 is 0 Å². The molecule has 0 spiro atoms. The summed E-state index contributed by atoms with van der Waals surface area (Å²) >= 11 is 1.49. The standard InChI is InChI=1S/C13H18N4O2S/c1-3-16-10-8-14-12(20-2)15-11(10)17(13(16)18)9-4-6-19-7-5-9/h8-9H,3-7H2,1-2H3. The van der Waals surface area contributed by atoms with Crippen LogP contribution in [0.5, 0.6) is 0 Å². The Morgan fingerprint density at radius 1 is 1.45 bits per heavy atom. The van der Waals surface area contributed by atoms with Crippen molar-refractivity contribution in [2.24, 2.45) is 0 Å². The molecule has 1 saturated heterocycles. The number of aryl methyl sites for hydroxylation is 1. The van der Waals surface area contributed by atoms with Crippen LogP contribution in [0.1, 0.15) is 25.8 Å². The molecule has 0 bridgehead atoms. The molecule has 7 heteroatoms. The van der Waals surface area contributed by atoms with E-state index in [-0.39, 0.29) is 11.7 Å². The van der Waals surface area contributed by atoms with Crippen LogP contribution < -0.4 is 5.69 Å². The maximum Gasteiger partial charge on any atom is 0.330 e. The average Bonchev–Trinajstić information content (AvgIpc) is 2.78. The van der Waals surface area contributed by atoms with Crippen molar-refractivity contribution in [3.8, 4) is 0 Å². The summed E-state index contributed by atoms with van der Waals surface area (Å²) in [5.74, 6) is 0. The third-order valence-corrected chi connectivity index (χ3v) is 4.30. The maximum atomic E-state index is 12.6. The summed E-state index contributed by atoms with van der Waals surface area (Å²) < 4.78 is 8.97. The molecule has 1 fully saturated rings. The highest BCUT2D eigenvalue weighted by Gasteiger charge is 2.23. The third-order valence-electron chi connectivity index (χ3n) is 3.74. The van der Waals surface area contributed by atoms with Gasteiger partial charge in [0.05, 0.1) is 6.20 Å². The fourth-order valence-corrected chi connectivity index (χ4v) is 3.05. The van der Waals surface area contributed by atoms with Gasteiger partial charge in [0, 0.05) is 25.8 Å². The zero-order valence-electron chi connectivity index (χ0n) is 11.7. The van der Waals surface area contributed by atoms with Crippen LogP contribution in [-0.4, -0.2) is 38.6 Å². The Hall–Kier alpha value is -1.34. The SMILES string of the molecule is CCn1c(=O)n(C2CCOCC2)c2nc(SC)ncc21. The van der Waals surface area contributed by atoms with Gasteiger partial charge in [-0.15, -0.1) is 0 Å². The maximum absolute atomic E-state index is 12.6. The van der Waals surface area contributed by atoms with Crippen LogP contribution in [0.2, 0.25) is 0 Å². The summed E-state index contributed by atoms with van der Waals surface area (Å²) in [6.45, 7) is 4.01. The highest BCUT2D eigenvalue weighted by Crippen LogP contribution is 2.24. The summed E-state index contributed by atoms with van der Waals surface area (Å²) in [5, 5.41) is 0.701. The van der Waals surface area contributed by atoms with Crippen molar-refractivity contribution < 1.29 is 4.74 Å². The van der Waals surface area contributed by atoms with Gasteiger partial charge >= 0.3 is 5.69 Å². The van der Waals surface area contributed by atoms with E-state index in [1.807, 2.05) is 17.7 Å². The van der Waals surface area contributed by atoms with Gasteiger partial charge in [-0.25, -0.2) is 14.8 Å². The van der Waals surface area contributed by atoms with Gasteiger partial charge in [0.1, 0.15) is 5.52 Å². The largest absolute Gasteiger partial charge is 0.381 e. The first-order valence-electron chi connectivity index (χ1n) is 6.85. The lowest BCUT2D eigenvalue weighted by molar-refractivity contribution is 0.0694. The van der Waals surface area contributed by atoms with Crippen LogP contribution in [-0.2, 0) is 11.3 Å². The number of imidazole rings is 1. The fraction of sp³-hybridized carbons (Fsp3) is 0.615. The second-order valence-electron chi connectivity index (χ2n) is 4.81. The molecule has 3 rings (SSSR count).